The summed E-state index contributed by atoms with van der Waals surface area (Å²) in [6.45, 7) is 2.94. The molecule has 7 nitrogen and oxygen atoms in total. The van der Waals surface area contributed by atoms with Crippen LogP contribution in [0.1, 0.15) is 19.3 Å². The second kappa shape index (κ2) is 6.81. The van der Waals surface area contributed by atoms with E-state index < -0.39 is 0 Å². The maximum Gasteiger partial charge on any atom is 0.251 e. The van der Waals surface area contributed by atoms with E-state index in [-0.39, 0.29) is 5.92 Å². The second-order valence-corrected chi connectivity index (χ2v) is 7.54. The maximum absolute atomic E-state index is 6.28. The van der Waals surface area contributed by atoms with E-state index in [1.165, 1.54) is 6.33 Å². The summed E-state index contributed by atoms with van der Waals surface area (Å²) in [5.41, 5.74) is 6.93. The molecule has 140 valence electrons. The van der Waals surface area contributed by atoms with Crippen LogP contribution in [0.25, 0.3) is 11.0 Å². The normalized spacial score (nSPS) is 25.0. The van der Waals surface area contributed by atoms with Crippen molar-refractivity contribution in [1.82, 2.24) is 25.1 Å². The van der Waals surface area contributed by atoms with Crippen LogP contribution in [0.15, 0.2) is 42.5 Å². The number of rotatable bonds is 4. The van der Waals surface area contributed by atoms with Gasteiger partial charge in [0, 0.05) is 12.5 Å². The van der Waals surface area contributed by atoms with E-state index in [1.54, 1.807) is 0 Å². The predicted molar refractivity (Wildman–Crippen MR) is 104 cm³/mol. The highest BCUT2D eigenvalue weighted by molar-refractivity contribution is 5.90. The minimum absolute atomic E-state index is 0.269. The zero-order chi connectivity index (χ0) is 18.2. The van der Waals surface area contributed by atoms with Crippen molar-refractivity contribution in [3.63, 3.8) is 0 Å². The molecule has 3 aliphatic rings. The molecule has 2 atom stereocenters. The number of piperidine rings is 1. The average Bonchev–Trinajstić information content (AvgIpc) is 3.26. The van der Waals surface area contributed by atoms with Crippen LogP contribution >= 0.6 is 0 Å². The van der Waals surface area contributed by atoms with Gasteiger partial charge in [-0.25, -0.2) is 14.6 Å². The highest BCUT2D eigenvalue weighted by atomic mass is 16.5. The van der Waals surface area contributed by atoms with E-state index in [9.17, 15) is 0 Å². The molecule has 0 spiro atoms. The number of nitrogens with two attached hydrogens (primary N) is 1. The molecule has 0 aromatic carbocycles. The van der Waals surface area contributed by atoms with Gasteiger partial charge in [-0.15, -0.1) is 5.10 Å². The molecular weight excluding hydrogens is 340 g/mol. The number of hydrogen-bond donors (Lipinski definition) is 2. The van der Waals surface area contributed by atoms with E-state index >= 15 is 0 Å². The first kappa shape index (κ1) is 16.5. The third kappa shape index (κ3) is 3.02. The number of hydrogen-bond acceptors (Lipinski definition) is 6. The molecule has 0 bridgehead atoms. The third-order valence-corrected chi connectivity index (χ3v) is 5.80. The monoisotopic (exact) mass is 364 g/mol. The second-order valence-electron chi connectivity index (χ2n) is 7.54. The summed E-state index contributed by atoms with van der Waals surface area (Å²) in [5.74, 6) is 3.21. The number of anilines is 1. The van der Waals surface area contributed by atoms with E-state index in [0.717, 1.165) is 50.3 Å². The molecule has 7 heteroatoms. The minimum Gasteiger partial charge on any atom is -0.441 e. The molecule has 3 N–H and O–H groups in total. The molecule has 2 aliphatic carbocycles. The molecule has 2 aromatic rings. The number of fused-ring (bicyclic) bond motifs is 2. The van der Waals surface area contributed by atoms with Gasteiger partial charge in [0.25, 0.3) is 5.88 Å². The Balaban J connectivity index is 1.47. The molecule has 0 saturated carbocycles. The summed E-state index contributed by atoms with van der Waals surface area (Å²) in [6.07, 6.45) is 15.5. The quantitative estimate of drug-likeness (QED) is 0.866. The summed E-state index contributed by atoms with van der Waals surface area (Å²) in [7, 11) is 0. The van der Waals surface area contributed by atoms with Crippen LogP contribution in [0.4, 0.5) is 5.82 Å². The van der Waals surface area contributed by atoms with Gasteiger partial charge >= 0.3 is 0 Å². The van der Waals surface area contributed by atoms with Crippen molar-refractivity contribution >= 4 is 16.9 Å². The molecule has 1 aliphatic heterocycles. The van der Waals surface area contributed by atoms with Gasteiger partial charge in [0.05, 0.1) is 0 Å². The lowest BCUT2D eigenvalue weighted by atomic mass is 9.91. The molecule has 3 heterocycles. The summed E-state index contributed by atoms with van der Waals surface area (Å²) in [6, 6.07) is 0. The zero-order valence-corrected chi connectivity index (χ0v) is 15.2. The summed E-state index contributed by atoms with van der Waals surface area (Å²) in [5, 5.41) is 8.88. The van der Waals surface area contributed by atoms with Crippen LogP contribution in [0.5, 0.6) is 5.88 Å². The Morgan fingerprint density at radius 1 is 1.19 bits per heavy atom. The standard InChI is InChI=1S/C20H24N6O/c21-18-17-19(24-12-23-18)26(11-13-7-9-22-10-8-13)25-20(17)27-16-6-5-14-3-1-2-4-15(14)16/h1-4,6,12-15,22H,5,7-11H2,(H2,21,23,24). The Morgan fingerprint density at radius 2 is 2.04 bits per heavy atom. The van der Waals surface area contributed by atoms with Crippen molar-refractivity contribution in [3.8, 4) is 5.88 Å². The van der Waals surface area contributed by atoms with Crippen molar-refractivity contribution in [1.29, 1.82) is 0 Å². The van der Waals surface area contributed by atoms with Gasteiger partial charge in [-0.2, -0.15) is 0 Å². The average molecular weight is 364 g/mol. The van der Waals surface area contributed by atoms with Crippen LogP contribution in [0, 0.1) is 17.8 Å². The molecule has 2 aromatic heterocycles. The van der Waals surface area contributed by atoms with Crippen molar-refractivity contribution in [2.75, 3.05) is 18.8 Å². The highest BCUT2D eigenvalue weighted by Crippen LogP contribution is 2.39. The number of ether oxygens (including phenoxy) is 1. The van der Waals surface area contributed by atoms with Gasteiger partial charge in [0.2, 0.25) is 0 Å². The molecule has 27 heavy (non-hydrogen) atoms. The van der Waals surface area contributed by atoms with Crippen LogP contribution in [-0.2, 0) is 6.54 Å². The SMILES string of the molecule is Nc1ncnc2c1c(OC1=CCC3C=CC=CC13)nn2CC1CCNCC1. The fraction of sp³-hybridized carbons (Fsp3) is 0.450. The van der Waals surface area contributed by atoms with E-state index in [4.69, 9.17) is 15.6 Å². The minimum atomic E-state index is 0.269. The molecule has 0 amide bonds. The summed E-state index contributed by atoms with van der Waals surface area (Å²) >= 11 is 0. The Labute approximate surface area is 158 Å². The van der Waals surface area contributed by atoms with Crippen molar-refractivity contribution in [3.05, 3.63) is 42.5 Å². The maximum atomic E-state index is 6.28. The molecular formula is C20H24N6O. The smallest absolute Gasteiger partial charge is 0.251 e. The predicted octanol–water partition coefficient (Wildman–Crippen LogP) is 2.43. The highest BCUT2D eigenvalue weighted by Gasteiger charge is 2.30. The van der Waals surface area contributed by atoms with Gasteiger partial charge in [-0.05, 0) is 50.3 Å². The zero-order valence-electron chi connectivity index (χ0n) is 15.2. The van der Waals surface area contributed by atoms with Gasteiger partial charge < -0.3 is 15.8 Å². The molecule has 1 saturated heterocycles. The first-order valence-electron chi connectivity index (χ1n) is 9.70. The Morgan fingerprint density at radius 3 is 2.93 bits per heavy atom. The molecule has 0 radical (unpaired) electrons. The van der Waals surface area contributed by atoms with Crippen LogP contribution in [0.3, 0.4) is 0 Å². The molecule has 2 unspecified atom stereocenters. The first-order chi connectivity index (χ1) is 13.3. The van der Waals surface area contributed by atoms with E-state index in [0.29, 0.717) is 28.9 Å². The van der Waals surface area contributed by atoms with Crippen molar-refractivity contribution in [2.24, 2.45) is 17.8 Å². The van der Waals surface area contributed by atoms with Crippen LogP contribution < -0.4 is 15.8 Å². The van der Waals surface area contributed by atoms with Crippen molar-refractivity contribution in [2.45, 2.75) is 25.8 Å². The Kier molecular flexibility index (Phi) is 4.16. The lowest BCUT2D eigenvalue weighted by molar-refractivity contribution is 0.312. The number of nitrogens with zero attached hydrogens (tertiary/aromatic N) is 4. The number of nitrogen functional groups attached to an aromatic ring is 1. The third-order valence-electron chi connectivity index (χ3n) is 5.80. The van der Waals surface area contributed by atoms with E-state index in [1.807, 2.05) is 4.68 Å². The van der Waals surface area contributed by atoms with Crippen LogP contribution in [-0.4, -0.2) is 32.8 Å². The van der Waals surface area contributed by atoms with Gasteiger partial charge in [-0.1, -0.05) is 24.3 Å². The fourth-order valence-electron chi connectivity index (χ4n) is 4.30. The summed E-state index contributed by atoms with van der Waals surface area (Å²) in [4.78, 5) is 8.62. The van der Waals surface area contributed by atoms with Gasteiger partial charge in [-0.3, -0.25) is 0 Å². The van der Waals surface area contributed by atoms with Crippen molar-refractivity contribution < 1.29 is 4.74 Å². The largest absolute Gasteiger partial charge is 0.441 e. The Bertz CT molecular complexity index is 937. The summed E-state index contributed by atoms with van der Waals surface area (Å²) < 4.78 is 8.23. The first-order valence-corrected chi connectivity index (χ1v) is 9.70. The number of allylic oxidation sites excluding steroid dienone is 5. The molecule has 5 rings (SSSR count). The van der Waals surface area contributed by atoms with E-state index in [2.05, 4.69) is 45.7 Å². The van der Waals surface area contributed by atoms with Gasteiger partial charge in [0.15, 0.2) is 5.65 Å². The topological polar surface area (TPSA) is 90.9 Å². The fourth-order valence-corrected chi connectivity index (χ4v) is 4.30. The Hall–Kier alpha value is -2.67. The number of nitrogens with one attached hydrogen (secondary N) is 1. The van der Waals surface area contributed by atoms with Gasteiger partial charge in [0.1, 0.15) is 23.3 Å². The lowest BCUT2D eigenvalue weighted by Crippen LogP contribution is -2.30. The lowest BCUT2D eigenvalue weighted by Gasteiger charge is -2.22. The number of aromatic nitrogens is 4. The molecule has 1 fully saturated rings. The van der Waals surface area contributed by atoms with Crippen LogP contribution in [0.2, 0.25) is 0 Å².